The van der Waals surface area contributed by atoms with E-state index in [-0.39, 0.29) is 0 Å². The molecule has 2 N–H and O–H groups in total. The zero-order valence-electron chi connectivity index (χ0n) is 12.0. The molecule has 112 valence electrons. The molecule has 1 saturated heterocycles. The summed E-state index contributed by atoms with van der Waals surface area (Å²) >= 11 is 5.89. The first kappa shape index (κ1) is 14.6. The van der Waals surface area contributed by atoms with Gasteiger partial charge in [-0.15, -0.1) is 0 Å². The molecule has 0 unspecified atom stereocenters. The summed E-state index contributed by atoms with van der Waals surface area (Å²) in [5, 5.41) is 0.716. The molecule has 1 fully saturated rings. The van der Waals surface area contributed by atoms with E-state index < -0.39 is 0 Å². The van der Waals surface area contributed by atoms with E-state index in [0.29, 0.717) is 16.8 Å². The molecule has 0 amide bonds. The van der Waals surface area contributed by atoms with E-state index in [2.05, 4.69) is 9.88 Å². The molecule has 0 bridgehead atoms. The Morgan fingerprint density at radius 3 is 2.62 bits per heavy atom. The Morgan fingerprint density at radius 2 is 1.95 bits per heavy atom. The molecule has 0 saturated carbocycles. The van der Waals surface area contributed by atoms with Crippen LogP contribution in [0.1, 0.15) is 18.5 Å². The van der Waals surface area contributed by atoms with E-state index in [9.17, 15) is 0 Å². The zero-order chi connectivity index (χ0) is 14.7. The predicted molar refractivity (Wildman–Crippen MR) is 84.0 cm³/mol. The van der Waals surface area contributed by atoms with Gasteiger partial charge in [0.1, 0.15) is 6.26 Å². The highest BCUT2D eigenvalue weighted by molar-refractivity contribution is 6.30. The average molecular weight is 306 g/mol. The van der Waals surface area contributed by atoms with Gasteiger partial charge in [0.05, 0.1) is 5.69 Å². The number of nitrogens with zero attached hydrogens (tertiary/aromatic N) is 2. The number of benzene rings is 1. The van der Waals surface area contributed by atoms with Gasteiger partial charge < -0.3 is 10.2 Å². The number of aromatic nitrogens is 1. The van der Waals surface area contributed by atoms with Gasteiger partial charge in [0.15, 0.2) is 0 Å². The number of rotatable bonds is 4. The van der Waals surface area contributed by atoms with Gasteiger partial charge in [-0.3, -0.25) is 4.90 Å². The Balaban J connectivity index is 1.62. The van der Waals surface area contributed by atoms with Crippen molar-refractivity contribution in [2.45, 2.75) is 19.4 Å². The van der Waals surface area contributed by atoms with Gasteiger partial charge in [0.2, 0.25) is 5.89 Å². The largest absolute Gasteiger partial charge is 0.444 e. The topological polar surface area (TPSA) is 55.3 Å². The molecule has 0 radical (unpaired) electrons. The molecular formula is C16H20ClN3O. The van der Waals surface area contributed by atoms with E-state index in [0.717, 1.165) is 37.4 Å². The molecule has 2 heterocycles. The van der Waals surface area contributed by atoms with Gasteiger partial charge in [-0.1, -0.05) is 11.6 Å². The van der Waals surface area contributed by atoms with Gasteiger partial charge in [0.25, 0.3) is 0 Å². The fourth-order valence-electron chi connectivity index (χ4n) is 2.71. The minimum atomic E-state index is 0.651. The highest BCUT2D eigenvalue weighted by atomic mass is 35.5. The Morgan fingerprint density at radius 1 is 1.24 bits per heavy atom. The van der Waals surface area contributed by atoms with Crippen LogP contribution in [-0.2, 0) is 6.54 Å². The van der Waals surface area contributed by atoms with E-state index in [1.807, 2.05) is 24.3 Å². The van der Waals surface area contributed by atoms with E-state index in [1.165, 1.54) is 12.8 Å². The molecule has 3 rings (SSSR count). The second-order valence-corrected chi connectivity index (χ2v) is 6.04. The smallest absolute Gasteiger partial charge is 0.226 e. The van der Waals surface area contributed by atoms with Crippen molar-refractivity contribution in [2.24, 2.45) is 11.7 Å². The molecule has 2 aromatic rings. The highest BCUT2D eigenvalue weighted by Gasteiger charge is 2.19. The summed E-state index contributed by atoms with van der Waals surface area (Å²) in [4.78, 5) is 6.98. The molecule has 0 atom stereocenters. The summed E-state index contributed by atoms with van der Waals surface area (Å²) in [7, 11) is 0. The SMILES string of the molecule is NCC1CCN(Cc2coc(-c3ccc(Cl)cc3)n2)CC1. The maximum absolute atomic E-state index is 5.89. The van der Waals surface area contributed by atoms with Crippen LogP contribution >= 0.6 is 11.6 Å². The molecule has 1 aromatic heterocycles. The van der Waals surface area contributed by atoms with Crippen LogP contribution in [0.25, 0.3) is 11.5 Å². The minimum Gasteiger partial charge on any atom is -0.444 e. The standard InChI is InChI=1S/C16H20ClN3O/c17-14-3-1-13(2-4-14)16-19-15(11-21-16)10-20-7-5-12(9-18)6-8-20/h1-4,11-12H,5-10,18H2. The van der Waals surface area contributed by atoms with Gasteiger partial charge in [-0.2, -0.15) is 0 Å². The Bertz CT molecular complexity index is 573. The Kier molecular flexibility index (Phi) is 4.58. The fourth-order valence-corrected chi connectivity index (χ4v) is 2.84. The Labute approximate surface area is 129 Å². The molecule has 0 aliphatic carbocycles. The molecule has 5 heteroatoms. The van der Waals surface area contributed by atoms with E-state index >= 15 is 0 Å². The molecule has 1 aromatic carbocycles. The fraction of sp³-hybridized carbons (Fsp3) is 0.438. The van der Waals surface area contributed by atoms with Crippen LogP contribution in [0.5, 0.6) is 0 Å². The van der Waals surface area contributed by atoms with Gasteiger partial charge in [0, 0.05) is 17.1 Å². The number of halogens is 1. The van der Waals surface area contributed by atoms with Gasteiger partial charge in [-0.05, 0) is 62.7 Å². The first-order valence-corrected chi connectivity index (χ1v) is 7.75. The van der Waals surface area contributed by atoms with Crippen molar-refractivity contribution in [3.8, 4) is 11.5 Å². The number of hydrogen-bond acceptors (Lipinski definition) is 4. The second-order valence-electron chi connectivity index (χ2n) is 5.61. The van der Waals surface area contributed by atoms with Crippen molar-refractivity contribution < 1.29 is 4.42 Å². The maximum Gasteiger partial charge on any atom is 0.226 e. The summed E-state index contributed by atoms with van der Waals surface area (Å²) < 4.78 is 5.57. The third-order valence-electron chi connectivity index (χ3n) is 4.07. The van der Waals surface area contributed by atoms with Crippen LogP contribution in [-0.4, -0.2) is 29.5 Å². The van der Waals surface area contributed by atoms with Crippen molar-refractivity contribution in [3.63, 3.8) is 0 Å². The van der Waals surface area contributed by atoms with Crippen molar-refractivity contribution in [1.82, 2.24) is 9.88 Å². The monoisotopic (exact) mass is 305 g/mol. The van der Waals surface area contributed by atoms with Gasteiger partial charge >= 0.3 is 0 Å². The molecule has 1 aliphatic heterocycles. The molecule has 0 spiro atoms. The highest BCUT2D eigenvalue weighted by Crippen LogP contribution is 2.22. The van der Waals surface area contributed by atoms with Crippen molar-refractivity contribution >= 4 is 11.6 Å². The van der Waals surface area contributed by atoms with Crippen LogP contribution in [0.3, 0.4) is 0 Å². The summed E-state index contributed by atoms with van der Waals surface area (Å²) in [6, 6.07) is 7.53. The molecule has 4 nitrogen and oxygen atoms in total. The van der Waals surface area contributed by atoms with Crippen LogP contribution in [0, 0.1) is 5.92 Å². The molecule has 1 aliphatic rings. The zero-order valence-corrected chi connectivity index (χ0v) is 12.7. The van der Waals surface area contributed by atoms with Crippen LogP contribution < -0.4 is 5.73 Å². The first-order valence-electron chi connectivity index (χ1n) is 7.37. The molecule has 21 heavy (non-hydrogen) atoms. The third kappa shape index (κ3) is 3.64. The van der Waals surface area contributed by atoms with Crippen molar-refractivity contribution in [3.05, 3.63) is 41.2 Å². The maximum atomic E-state index is 5.89. The van der Waals surface area contributed by atoms with Gasteiger partial charge in [-0.25, -0.2) is 4.98 Å². The lowest BCUT2D eigenvalue weighted by Crippen LogP contribution is -2.35. The summed E-state index contributed by atoms with van der Waals surface area (Å²) in [6.45, 7) is 3.82. The van der Waals surface area contributed by atoms with Crippen molar-refractivity contribution in [1.29, 1.82) is 0 Å². The lowest BCUT2D eigenvalue weighted by atomic mass is 9.97. The van der Waals surface area contributed by atoms with Crippen LogP contribution in [0.15, 0.2) is 34.9 Å². The summed E-state index contributed by atoms with van der Waals surface area (Å²) in [5.41, 5.74) is 7.65. The quantitative estimate of drug-likeness (QED) is 0.942. The van der Waals surface area contributed by atoms with Crippen LogP contribution in [0.2, 0.25) is 5.02 Å². The number of nitrogens with two attached hydrogens (primary N) is 1. The number of piperidine rings is 1. The van der Waals surface area contributed by atoms with Crippen LogP contribution in [0.4, 0.5) is 0 Å². The number of oxazole rings is 1. The summed E-state index contributed by atoms with van der Waals surface area (Å²) in [6.07, 6.45) is 4.11. The molecular weight excluding hydrogens is 286 g/mol. The second kappa shape index (κ2) is 6.60. The van der Waals surface area contributed by atoms with E-state index in [1.54, 1.807) is 6.26 Å². The van der Waals surface area contributed by atoms with Crippen molar-refractivity contribution in [2.75, 3.05) is 19.6 Å². The Hall–Kier alpha value is -1.36. The normalized spacial score (nSPS) is 17.2. The lowest BCUT2D eigenvalue weighted by molar-refractivity contribution is 0.178. The predicted octanol–water partition coefficient (Wildman–Crippen LogP) is 3.17. The number of likely N-dealkylation sites (tertiary alicyclic amines) is 1. The summed E-state index contributed by atoms with van der Waals surface area (Å²) in [5.74, 6) is 1.33. The third-order valence-corrected chi connectivity index (χ3v) is 4.32. The minimum absolute atomic E-state index is 0.651. The lowest BCUT2D eigenvalue weighted by Gasteiger charge is -2.30. The first-order chi connectivity index (χ1) is 10.2. The number of hydrogen-bond donors (Lipinski definition) is 1. The van der Waals surface area contributed by atoms with E-state index in [4.69, 9.17) is 21.8 Å². The average Bonchev–Trinajstić information content (AvgIpc) is 2.97.